The zero-order valence-corrected chi connectivity index (χ0v) is 21.0. The predicted octanol–water partition coefficient (Wildman–Crippen LogP) is 6.34. The van der Waals surface area contributed by atoms with Crippen molar-refractivity contribution in [2.24, 2.45) is 4.99 Å². The number of benzene rings is 1. The van der Waals surface area contributed by atoms with Gasteiger partial charge in [-0.15, -0.1) is 0 Å². The number of hydrogen-bond acceptors (Lipinski definition) is 6. The molecule has 1 saturated carbocycles. The Kier molecular flexibility index (Phi) is 9.54. The fourth-order valence-electron chi connectivity index (χ4n) is 4.82. The van der Waals surface area contributed by atoms with Gasteiger partial charge in [0.05, 0.1) is 23.7 Å². The minimum atomic E-state index is -4.40. The Morgan fingerprint density at radius 3 is 2.51 bits per heavy atom. The molecule has 0 amide bonds. The summed E-state index contributed by atoms with van der Waals surface area (Å²) >= 11 is 0. The Balaban J connectivity index is 0.00000186. The first-order valence-electron chi connectivity index (χ1n) is 12.5. The standard InChI is InChI=1S/C24H26F5N5O.C2H6/c1-14(24(27,28)29)32-33-15-5-4-8-20(31-13-15)22-19(12-30)18-10-9-17(35-23(25)26)11-21(18)34(22)16-6-2-3-7-16;1-2/h4,8-11,13-14,16,19,22-23,32-33H,2-3,5-7H2,1H3;1-2H3. The topological polar surface area (TPSA) is 72.7 Å². The van der Waals surface area contributed by atoms with Crippen molar-refractivity contribution in [1.29, 1.82) is 5.26 Å². The van der Waals surface area contributed by atoms with E-state index in [4.69, 9.17) is 0 Å². The highest BCUT2D eigenvalue weighted by Crippen LogP contribution is 2.47. The third kappa shape index (κ3) is 6.60. The van der Waals surface area contributed by atoms with Crippen LogP contribution >= 0.6 is 0 Å². The second-order valence-electron chi connectivity index (χ2n) is 8.84. The van der Waals surface area contributed by atoms with E-state index in [1.807, 2.05) is 13.8 Å². The van der Waals surface area contributed by atoms with Crippen LogP contribution in [-0.2, 0) is 0 Å². The number of fused-ring (bicyclic) bond motifs is 1. The summed E-state index contributed by atoms with van der Waals surface area (Å²) in [6.07, 6.45) is 4.77. The molecule has 0 aromatic heterocycles. The first-order chi connectivity index (χ1) is 17.7. The zero-order chi connectivity index (χ0) is 27.2. The van der Waals surface area contributed by atoms with Crippen LogP contribution in [0.15, 0.2) is 47.2 Å². The van der Waals surface area contributed by atoms with Crippen LogP contribution in [0, 0.1) is 11.3 Å². The van der Waals surface area contributed by atoms with E-state index in [0.29, 0.717) is 29.1 Å². The maximum absolute atomic E-state index is 12.8. The van der Waals surface area contributed by atoms with Crippen LogP contribution in [0.1, 0.15) is 64.4 Å². The van der Waals surface area contributed by atoms with Crippen molar-refractivity contribution in [2.75, 3.05) is 4.90 Å². The van der Waals surface area contributed by atoms with E-state index in [0.717, 1.165) is 32.6 Å². The van der Waals surface area contributed by atoms with Crippen LogP contribution in [0.5, 0.6) is 5.75 Å². The summed E-state index contributed by atoms with van der Waals surface area (Å²) < 4.78 is 68.7. The van der Waals surface area contributed by atoms with Gasteiger partial charge < -0.3 is 15.1 Å². The van der Waals surface area contributed by atoms with Crippen molar-refractivity contribution in [3.05, 3.63) is 47.8 Å². The van der Waals surface area contributed by atoms with Gasteiger partial charge in [0.1, 0.15) is 11.8 Å². The molecular formula is C26H32F5N5O. The van der Waals surface area contributed by atoms with E-state index < -0.39 is 30.8 Å². The van der Waals surface area contributed by atoms with Crippen LogP contribution in [0.2, 0.25) is 0 Å². The molecule has 1 fully saturated rings. The summed E-state index contributed by atoms with van der Waals surface area (Å²) in [6.45, 7) is 2.05. The molecule has 11 heteroatoms. The van der Waals surface area contributed by atoms with E-state index >= 15 is 0 Å². The molecule has 0 spiro atoms. The van der Waals surface area contributed by atoms with Crippen molar-refractivity contribution in [2.45, 2.75) is 89.7 Å². The number of allylic oxidation sites excluding steroid dienone is 1. The summed E-state index contributed by atoms with van der Waals surface area (Å²) in [6, 6.07) is 4.87. The third-order valence-electron chi connectivity index (χ3n) is 6.55. The van der Waals surface area contributed by atoms with E-state index in [1.54, 1.807) is 24.3 Å². The Labute approximate surface area is 213 Å². The minimum absolute atomic E-state index is 0.0219. The molecule has 2 heterocycles. The molecule has 0 bridgehead atoms. The lowest BCUT2D eigenvalue weighted by molar-refractivity contribution is -0.153. The molecule has 1 aromatic rings. The molecule has 3 unspecified atom stereocenters. The highest BCUT2D eigenvalue weighted by atomic mass is 19.4. The van der Waals surface area contributed by atoms with Gasteiger partial charge in [-0.05, 0) is 37.5 Å². The molecule has 1 aliphatic carbocycles. The fourth-order valence-corrected chi connectivity index (χ4v) is 4.82. The van der Waals surface area contributed by atoms with Gasteiger partial charge in [0.2, 0.25) is 0 Å². The number of aliphatic imine (C=N–C) groups is 1. The molecule has 202 valence electrons. The van der Waals surface area contributed by atoms with Crippen molar-refractivity contribution in [3.63, 3.8) is 0 Å². The maximum Gasteiger partial charge on any atom is 0.405 e. The van der Waals surface area contributed by atoms with Crippen molar-refractivity contribution >= 4 is 11.4 Å². The van der Waals surface area contributed by atoms with Crippen molar-refractivity contribution in [1.82, 2.24) is 10.9 Å². The number of nitrogens with zero attached hydrogens (tertiary/aromatic N) is 3. The molecule has 4 rings (SSSR count). The monoisotopic (exact) mass is 525 g/mol. The van der Waals surface area contributed by atoms with Gasteiger partial charge >= 0.3 is 12.8 Å². The van der Waals surface area contributed by atoms with E-state index in [2.05, 4.69) is 31.5 Å². The molecule has 2 N–H and O–H groups in total. The number of rotatable bonds is 7. The average Bonchev–Trinajstić information content (AvgIpc) is 3.42. The fraction of sp³-hybridized carbons (Fsp3) is 0.538. The van der Waals surface area contributed by atoms with Gasteiger partial charge in [-0.25, -0.2) is 5.43 Å². The number of anilines is 1. The summed E-state index contributed by atoms with van der Waals surface area (Å²) in [5.74, 6) is -0.574. The molecule has 0 saturated heterocycles. The summed E-state index contributed by atoms with van der Waals surface area (Å²) in [5.41, 5.74) is 7.22. The van der Waals surface area contributed by atoms with E-state index in [9.17, 15) is 27.2 Å². The molecule has 6 nitrogen and oxygen atoms in total. The smallest absolute Gasteiger partial charge is 0.405 e. The van der Waals surface area contributed by atoms with Gasteiger partial charge in [0.25, 0.3) is 0 Å². The van der Waals surface area contributed by atoms with Gasteiger partial charge in [-0.1, -0.05) is 38.8 Å². The van der Waals surface area contributed by atoms with Crippen LogP contribution in [0.4, 0.5) is 27.6 Å². The summed E-state index contributed by atoms with van der Waals surface area (Å²) in [4.78, 5) is 6.63. The number of hydrogen-bond donors (Lipinski definition) is 2. The summed E-state index contributed by atoms with van der Waals surface area (Å²) in [7, 11) is 0. The maximum atomic E-state index is 12.8. The van der Waals surface area contributed by atoms with Gasteiger partial charge in [-0.3, -0.25) is 4.99 Å². The summed E-state index contributed by atoms with van der Waals surface area (Å²) in [5, 5.41) is 10.1. The molecule has 3 atom stereocenters. The molecule has 37 heavy (non-hydrogen) atoms. The average molecular weight is 526 g/mol. The largest absolute Gasteiger partial charge is 0.435 e. The zero-order valence-electron chi connectivity index (χ0n) is 21.0. The highest BCUT2D eigenvalue weighted by molar-refractivity contribution is 6.04. The lowest BCUT2D eigenvalue weighted by Gasteiger charge is -2.34. The third-order valence-corrected chi connectivity index (χ3v) is 6.55. The Hall–Kier alpha value is -3.13. The van der Waals surface area contributed by atoms with Crippen LogP contribution in [-0.4, -0.2) is 36.6 Å². The number of nitrogens with one attached hydrogen (secondary N) is 2. The number of halogens is 5. The number of nitriles is 1. The van der Waals surface area contributed by atoms with Crippen molar-refractivity contribution in [3.8, 4) is 11.8 Å². The van der Waals surface area contributed by atoms with Gasteiger partial charge in [0, 0.05) is 36.1 Å². The predicted molar refractivity (Wildman–Crippen MR) is 132 cm³/mol. The lowest BCUT2D eigenvalue weighted by Crippen LogP contribution is -2.46. The number of alkyl halides is 5. The second kappa shape index (κ2) is 12.4. The van der Waals surface area contributed by atoms with Gasteiger partial charge in [0.15, 0.2) is 0 Å². The number of hydrazine groups is 1. The Bertz CT molecular complexity index is 1060. The quantitative estimate of drug-likeness (QED) is 0.321. The molecule has 1 aromatic carbocycles. The SMILES string of the molecule is CC.CC(NNC1=CN=C(C2C(C#N)c3ccc(OC(F)F)cc3N2C2CCCC2)C=CC1)C(F)(F)F. The Morgan fingerprint density at radius 1 is 1.19 bits per heavy atom. The van der Waals surface area contributed by atoms with Gasteiger partial charge in [-0.2, -0.15) is 27.2 Å². The number of ether oxygens (including phenoxy) is 1. The molecule has 3 aliphatic rings. The van der Waals surface area contributed by atoms with E-state index in [-0.39, 0.29) is 11.8 Å². The molecule has 2 aliphatic heterocycles. The highest BCUT2D eigenvalue weighted by Gasteiger charge is 2.45. The van der Waals surface area contributed by atoms with Crippen LogP contribution in [0.3, 0.4) is 0 Å². The normalized spacial score (nSPS) is 22.3. The molecule has 0 radical (unpaired) electrons. The van der Waals surface area contributed by atoms with Crippen LogP contribution in [0.25, 0.3) is 0 Å². The minimum Gasteiger partial charge on any atom is -0.435 e. The second-order valence-corrected chi connectivity index (χ2v) is 8.84. The van der Waals surface area contributed by atoms with E-state index in [1.165, 1.54) is 12.3 Å². The van der Waals surface area contributed by atoms with Crippen LogP contribution < -0.4 is 20.5 Å². The first kappa shape index (κ1) is 28.4. The first-order valence-corrected chi connectivity index (χ1v) is 12.5. The van der Waals surface area contributed by atoms with Crippen molar-refractivity contribution < 1.29 is 26.7 Å². The lowest BCUT2D eigenvalue weighted by atomic mass is 9.92. The Morgan fingerprint density at radius 2 is 1.89 bits per heavy atom. The molecular weight excluding hydrogens is 493 g/mol.